The van der Waals surface area contributed by atoms with Crippen LogP contribution in [-0.4, -0.2) is 62.6 Å². The molecule has 0 bridgehead atoms. The van der Waals surface area contributed by atoms with Crippen LogP contribution in [0.25, 0.3) is 0 Å². The molecule has 6 heteroatoms. The van der Waals surface area contributed by atoms with Gasteiger partial charge in [-0.2, -0.15) is 4.98 Å². The van der Waals surface area contributed by atoms with E-state index in [4.69, 9.17) is 19.4 Å². The van der Waals surface area contributed by atoms with Crippen LogP contribution in [0.15, 0.2) is 6.07 Å². The minimum atomic E-state index is 0.274. The zero-order chi connectivity index (χ0) is 17.8. The summed E-state index contributed by atoms with van der Waals surface area (Å²) in [5.41, 5.74) is 1.11. The monoisotopic (exact) mass is 348 g/mol. The van der Waals surface area contributed by atoms with Gasteiger partial charge in [0.2, 0.25) is 5.95 Å². The second-order valence-electron chi connectivity index (χ2n) is 7.50. The summed E-state index contributed by atoms with van der Waals surface area (Å²) in [6.07, 6.45) is 5.08. The van der Waals surface area contributed by atoms with E-state index >= 15 is 0 Å². The molecule has 1 aromatic heterocycles. The third-order valence-electron chi connectivity index (χ3n) is 5.34. The Morgan fingerprint density at radius 2 is 1.56 bits per heavy atom. The molecule has 3 rings (SSSR count). The molecule has 140 valence electrons. The van der Waals surface area contributed by atoms with Crippen molar-refractivity contribution in [2.24, 2.45) is 0 Å². The van der Waals surface area contributed by atoms with Crippen molar-refractivity contribution in [1.29, 1.82) is 0 Å². The molecule has 0 aromatic carbocycles. The number of anilines is 2. The molecule has 2 atom stereocenters. The lowest BCUT2D eigenvalue weighted by Gasteiger charge is -2.35. The first-order chi connectivity index (χ1) is 12.1. The molecule has 2 fully saturated rings. The Bertz CT molecular complexity index is 524. The largest absolute Gasteiger partial charge is 0.380 e. The molecule has 0 radical (unpaired) electrons. The molecule has 25 heavy (non-hydrogen) atoms. The highest BCUT2D eigenvalue weighted by atomic mass is 16.5. The number of piperidine rings is 2. The first kappa shape index (κ1) is 18.4. The van der Waals surface area contributed by atoms with E-state index in [0.29, 0.717) is 12.0 Å². The summed E-state index contributed by atoms with van der Waals surface area (Å²) in [6, 6.07) is 2.16. The Morgan fingerprint density at radius 3 is 2.16 bits per heavy atom. The van der Waals surface area contributed by atoms with Gasteiger partial charge in [-0.05, 0) is 31.6 Å². The minimum Gasteiger partial charge on any atom is -0.380 e. The van der Waals surface area contributed by atoms with E-state index in [1.807, 2.05) is 0 Å². The van der Waals surface area contributed by atoms with Crippen LogP contribution in [0.4, 0.5) is 11.8 Å². The summed E-state index contributed by atoms with van der Waals surface area (Å²) in [5, 5.41) is 0. The van der Waals surface area contributed by atoms with Gasteiger partial charge < -0.3 is 19.3 Å². The number of hydrogen-bond donors (Lipinski definition) is 0. The Labute approximate surface area is 151 Å². The van der Waals surface area contributed by atoms with Gasteiger partial charge in [0, 0.05) is 46.5 Å². The predicted molar refractivity (Wildman–Crippen MR) is 101 cm³/mol. The first-order valence-corrected chi connectivity index (χ1v) is 9.55. The van der Waals surface area contributed by atoms with E-state index in [2.05, 4.69) is 29.7 Å². The Balaban J connectivity index is 1.86. The lowest BCUT2D eigenvalue weighted by molar-refractivity contribution is 0.0885. The van der Waals surface area contributed by atoms with Crippen molar-refractivity contribution in [2.45, 2.75) is 57.7 Å². The number of hydrogen-bond acceptors (Lipinski definition) is 6. The highest BCUT2D eigenvalue weighted by molar-refractivity contribution is 5.47. The molecule has 6 nitrogen and oxygen atoms in total. The van der Waals surface area contributed by atoms with Crippen LogP contribution in [-0.2, 0) is 9.47 Å². The Morgan fingerprint density at radius 1 is 0.960 bits per heavy atom. The number of rotatable bonds is 5. The van der Waals surface area contributed by atoms with Gasteiger partial charge in [0.1, 0.15) is 5.82 Å². The molecule has 2 saturated heterocycles. The number of ether oxygens (including phenoxy) is 2. The molecule has 1 aromatic rings. The molecule has 0 amide bonds. The van der Waals surface area contributed by atoms with Gasteiger partial charge in [0.25, 0.3) is 0 Å². The van der Waals surface area contributed by atoms with Crippen LogP contribution >= 0.6 is 0 Å². The average molecular weight is 348 g/mol. The maximum absolute atomic E-state index is 5.58. The molecule has 0 spiro atoms. The summed E-state index contributed by atoms with van der Waals surface area (Å²) in [6.45, 7) is 8.20. The normalized spacial score (nSPS) is 24.8. The average Bonchev–Trinajstić information content (AvgIpc) is 2.67. The number of nitrogens with zero attached hydrogens (tertiary/aromatic N) is 4. The SMILES string of the molecule is COC1CCCN(c2cc(C(C)C)nc(N3CCCC(OC)C3)n2)C1. The minimum absolute atomic E-state index is 0.274. The number of methoxy groups -OCH3 is 2. The maximum atomic E-state index is 5.58. The second kappa shape index (κ2) is 8.32. The van der Waals surface area contributed by atoms with E-state index in [-0.39, 0.29) is 6.10 Å². The van der Waals surface area contributed by atoms with Crippen LogP contribution < -0.4 is 9.80 Å². The summed E-state index contributed by atoms with van der Waals surface area (Å²) in [7, 11) is 3.60. The molecule has 2 aliphatic rings. The number of aromatic nitrogens is 2. The van der Waals surface area contributed by atoms with Crippen molar-refractivity contribution in [1.82, 2.24) is 9.97 Å². The molecular weight excluding hydrogens is 316 g/mol. The molecule has 0 aliphatic carbocycles. The van der Waals surface area contributed by atoms with Crippen molar-refractivity contribution in [3.63, 3.8) is 0 Å². The third-order valence-corrected chi connectivity index (χ3v) is 5.34. The van der Waals surface area contributed by atoms with E-state index in [0.717, 1.165) is 69.3 Å². The van der Waals surface area contributed by atoms with Crippen LogP contribution in [0, 0.1) is 0 Å². The van der Waals surface area contributed by atoms with E-state index < -0.39 is 0 Å². The van der Waals surface area contributed by atoms with E-state index in [1.165, 1.54) is 0 Å². The summed E-state index contributed by atoms with van der Waals surface area (Å²) < 4.78 is 11.2. The zero-order valence-corrected chi connectivity index (χ0v) is 16.1. The first-order valence-electron chi connectivity index (χ1n) is 9.55. The van der Waals surface area contributed by atoms with Gasteiger partial charge in [0.05, 0.1) is 17.9 Å². The fourth-order valence-electron chi connectivity index (χ4n) is 3.69. The van der Waals surface area contributed by atoms with E-state index in [1.54, 1.807) is 14.2 Å². The van der Waals surface area contributed by atoms with Crippen molar-refractivity contribution in [3.05, 3.63) is 11.8 Å². The summed E-state index contributed by atoms with van der Waals surface area (Å²) >= 11 is 0. The predicted octanol–water partition coefficient (Wildman–Crippen LogP) is 2.83. The second-order valence-corrected chi connectivity index (χ2v) is 7.50. The fourth-order valence-corrected chi connectivity index (χ4v) is 3.69. The lowest BCUT2D eigenvalue weighted by Crippen LogP contribution is -2.42. The third kappa shape index (κ3) is 4.42. The van der Waals surface area contributed by atoms with Crippen LogP contribution in [0.5, 0.6) is 0 Å². The highest BCUT2D eigenvalue weighted by Gasteiger charge is 2.25. The smallest absolute Gasteiger partial charge is 0.227 e. The fraction of sp³-hybridized carbons (Fsp3) is 0.789. The van der Waals surface area contributed by atoms with Crippen LogP contribution in [0.2, 0.25) is 0 Å². The Hall–Kier alpha value is -1.40. The molecule has 0 saturated carbocycles. The van der Waals surface area contributed by atoms with Gasteiger partial charge in [0.15, 0.2) is 0 Å². The topological polar surface area (TPSA) is 50.7 Å². The van der Waals surface area contributed by atoms with Gasteiger partial charge in [-0.1, -0.05) is 13.8 Å². The summed E-state index contributed by atoms with van der Waals surface area (Å²) in [4.78, 5) is 14.4. The van der Waals surface area contributed by atoms with Crippen LogP contribution in [0.3, 0.4) is 0 Å². The van der Waals surface area contributed by atoms with E-state index in [9.17, 15) is 0 Å². The highest BCUT2D eigenvalue weighted by Crippen LogP contribution is 2.27. The van der Waals surface area contributed by atoms with Crippen molar-refractivity contribution < 1.29 is 9.47 Å². The molecular formula is C19H32N4O2. The Kier molecular flexibility index (Phi) is 6.12. The maximum Gasteiger partial charge on any atom is 0.227 e. The molecule has 3 heterocycles. The van der Waals surface area contributed by atoms with Gasteiger partial charge in [-0.15, -0.1) is 0 Å². The lowest BCUT2D eigenvalue weighted by atomic mass is 10.1. The van der Waals surface area contributed by atoms with Gasteiger partial charge in [-0.25, -0.2) is 4.98 Å². The standard InChI is InChI=1S/C19H32N4O2/c1-14(2)17-11-18(22-9-5-7-15(12-22)24-3)21-19(20-17)23-10-6-8-16(13-23)25-4/h11,14-16H,5-10,12-13H2,1-4H3. The van der Waals surface area contributed by atoms with Gasteiger partial charge in [-0.3, -0.25) is 0 Å². The van der Waals surface area contributed by atoms with Crippen molar-refractivity contribution >= 4 is 11.8 Å². The summed E-state index contributed by atoms with van der Waals surface area (Å²) in [5.74, 6) is 2.27. The van der Waals surface area contributed by atoms with Crippen molar-refractivity contribution in [3.8, 4) is 0 Å². The zero-order valence-electron chi connectivity index (χ0n) is 16.1. The van der Waals surface area contributed by atoms with Crippen LogP contribution in [0.1, 0.15) is 51.1 Å². The molecule has 2 unspecified atom stereocenters. The molecule has 2 aliphatic heterocycles. The van der Waals surface area contributed by atoms with Gasteiger partial charge >= 0.3 is 0 Å². The quantitative estimate of drug-likeness (QED) is 0.815. The van der Waals surface area contributed by atoms with Crippen molar-refractivity contribution in [2.75, 3.05) is 50.2 Å². The molecule has 0 N–H and O–H groups in total.